The third-order valence-electron chi connectivity index (χ3n) is 4.15. The Kier molecular flexibility index (Phi) is 5.88. The maximum absolute atomic E-state index is 12.1. The number of carbonyl (C=O) groups is 1. The summed E-state index contributed by atoms with van der Waals surface area (Å²) in [5.41, 5.74) is 6.86. The van der Waals surface area contributed by atoms with Crippen molar-refractivity contribution >= 4 is 28.9 Å². The van der Waals surface area contributed by atoms with Crippen LogP contribution in [-0.2, 0) is 4.79 Å². The molecule has 0 radical (unpaired) electrons. The predicted molar refractivity (Wildman–Crippen MR) is 88.6 cm³/mol. The second-order valence-corrected chi connectivity index (χ2v) is 6.18. The molecule has 1 aliphatic heterocycles. The third-order valence-corrected chi connectivity index (χ3v) is 4.46. The minimum Gasteiger partial charge on any atom is -0.399 e. The van der Waals surface area contributed by atoms with Crippen molar-refractivity contribution in [2.45, 2.75) is 32.6 Å². The number of halogens is 1. The van der Waals surface area contributed by atoms with Gasteiger partial charge in [0.2, 0.25) is 5.91 Å². The van der Waals surface area contributed by atoms with Crippen LogP contribution in [0.5, 0.6) is 0 Å². The Bertz CT molecular complexity index is 492. The number of amides is 1. The van der Waals surface area contributed by atoms with Crippen molar-refractivity contribution in [1.29, 1.82) is 0 Å². The van der Waals surface area contributed by atoms with E-state index in [1.54, 1.807) is 18.2 Å². The highest BCUT2D eigenvalue weighted by Gasteiger charge is 2.18. The lowest BCUT2D eigenvalue weighted by Crippen LogP contribution is -2.34. The van der Waals surface area contributed by atoms with Crippen LogP contribution in [0.25, 0.3) is 0 Å². The summed E-state index contributed by atoms with van der Waals surface area (Å²) in [6.07, 6.45) is 4.88. The van der Waals surface area contributed by atoms with Gasteiger partial charge >= 0.3 is 0 Å². The molecule has 0 bridgehead atoms. The van der Waals surface area contributed by atoms with Crippen LogP contribution in [0.15, 0.2) is 18.2 Å². The quantitative estimate of drug-likeness (QED) is 0.838. The molecule has 1 unspecified atom stereocenters. The maximum atomic E-state index is 12.1. The van der Waals surface area contributed by atoms with Crippen LogP contribution in [0, 0.1) is 5.92 Å². The highest BCUT2D eigenvalue weighted by molar-refractivity contribution is 6.34. The molecule has 5 heteroatoms. The van der Waals surface area contributed by atoms with Gasteiger partial charge in [-0.05, 0) is 56.5 Å². The highest BCUT2D eigenvalue weighted by Crippen LogP contribution is 2.24. The van der Waals surface area contributed by atoms with Gasteiger partial charge in [0.1, 0.15) is 0 Å². The topological polar surface area (TPSA) is 58.4 Å². The van der Waals surface area contributed by atoms with Crippen molar-refractivity contribution in [3.8, 4) is 0 Å². The molecule has 1 aliphatic rings. The molecule has 0 aromatic heterocycles. The number of rotatable bonds is 4. The number of nitrogens with two attached hydrogens (primary N) is 1. The lowest BCUT2D eigenvalue weighted by molar-refractivity contribution is -0.117. The maximum Gasteiger partial charge on any atom is 0.238 e. The second-order valence-electron chi connectivity index (χ2n) is 5.77. The van der Waals surface area contributed by atoms with E-state index in [1.807, 2.05) is 0 Å². The van der Waals surface area contributed by atoms with Crippen LogP contribution in [0.2, 0.25) is 5.02 Å². The summed E-state index contributed by atoms with van der Waals surface area (Å²) < 4.78 is 0. The van der Waals surface area contributed by atoms with Gasteiger partial charge in [-0.2, -0.15) is 0 Å². The lowest BCUT2D eigenvalue weighted by atomic mass is 9.98. The van der Waals surface area contributed by atoms with Crippen molar-refractivity contribution in [1.82, 2.24) is 4.90 Å². The van der Waals surface area contributed by atoms with E-state index in [0.29, 0.717) is 22.9 Å². The van der Waals surface area contributed by atoms with Crippen molar-refractivity contribution in [2.75, 3.05) is 30.7 Å². The van der Waals surface area contributed by atoms with Crippen LogP contribution in [0.4, 0.5) is 11.4 Å². The molecule has 116 valence electrons. The number of likely N-dealkylation sites (tertiary alicyclic amines) is 1. The lowest BCUT2D eigenvalue weighted by Gasteiger charge is -2.19. The predicted octanol–water partition coefficient (Wildman–Crippen LogP) is 3.37. The fourth-order valence-corrected chi connectivity index (χ4v) is 3.05. The molecule has 1 saturated heterocycles. The van der Waals surface area contributed by atoms with Gasteiger partial charge in [0, 0.05) is 5.69 Å². The van der Waals surface area contributed by atoms with E-state index >= 15 is 0 Å². The van der Waals surface area contributed by atoms with Crippen LogP contribution in [-0.4, -0.2) is 30.4 Å². The summed E-state index contributed by atoms with van der Waals surface area (Å²) in [7, 11) is 0. The van der Waals surface area contributed by atoms with E-state index in [9.17, 15) is 4.79 Å². The van der Waals surface area contributed by atoms with Gasteiger partial charge in [-0.3, -0.25) is 9.69 Å². The number of nitrogens with zero attached hydrogens (tertiary/aromatic N) is 1. The summed E-state index contributed by atoms with van der Waals surface area (Å²) >= 11 is 6.07. The second kappa shape index (κ2) is 7.66. The average molecular weight is 310 g/mol. The Morgan fingerprint density at radius 2 is 2.24 bits per heavy atom. The zero-order valence-electron chi connectivity index (χ0n) is 12.6. The molecule has 1 atom stereocenters. The van der Waals surface area contributed by atoms with E-state index in [1.165, 1.54) is 25.7 Å². The number of benzene rings is 1. The van der Waals surface area contributed by atoms with Gasteiger partial charge in [0.15, 0.2) is 0 Å². The SMILES string of the molecule is CCC1CCCN(CC(=O)Nc2ccc(N)cc2Cl)CC1. The summed E-state index contributed by atoms with van der Waals surface area (Å²) in [5, 5.41) is 3.34. The monoisotopic (exact) mass is 309 g/mol. The minimum absolute atomic E-state index is 0.0170. The van der Waals surface area contributed by atoms with E-state index in [4.69, 9.17) is 17.3 Å². The normalized spacial score (nSPS) is 20.0. The summed E-state index contributed by atoms with van der Waals surface area (Å²) in [6, 6.07) is 5.12. The molecule has 2 rings (SSSR count). The first-order chi connectivity index (χ1) is 10.1. The van der Waals surface area contributed by atoms with E-state index in [-0.39, 0.29) is 5.91 Å². The molecule has 1 aromatic carbocycles. The van der Waals surface area contributed by atoms with Crippen LogP contribution < -0.4 is 11.1 Å². The Morgan fingerprint density at radius 3 is 2.95 bits per heavy atom. The largest absolute Gasteiger partial charge is 0.399 e. The van der Waals surface area contributed by atoms with Crippen LogP contribution in [0.1, 0.15) is 32.6 Å². The average Bonchev–Trinajstić information content (AvgIpc) is 2.67. The van der Waals surface area contributed by atoms with Gasteiger partial charge in [-0.25, -0.2) is 0 Å². The number of hydrogen-bond acceptors (Lipinski definition) is 3. The summed E-state index contributed by atoms with van der Waals surface area (Å²) in [4.78, 5) is 14.4. The third kappa shape index (κ3) is 4.90. The molecule has 1 heterocycles. The first-order valence-electron chi connectivity index (χ1n) is 7.65. The van der Waals surface area contributed by atoms with Crippen molar-refractivity contribution in [2.24, 2.45) is 5.92 Å². The molecule has 1 aromatic rings. The first kappa shape index (κ1) is 16.1. The number of anilines is 2. The smallest absolute Gasteiger partial charge is 0.238 e. The number of hydrogen-bond donors (Lipinski definition) is 2. The number of nitrogens with one attached hydrogen (secondary N) is 1. The fourth-order valence-electron chi connectivity index (χ4n) is 2.82. The Morgan fingerprint density at radius 1 is 1.43 bits per heavy atom. The van der Waals surface area contributed by atoms with Gasteiger partial charge in [0.25, 0.3) is 0 Å². The fraction of sp³-hybridized carbons (Fsp3) is 0.562. The molecule has 0 spiro atoms. The molecule has 1 fully saturated rings. The molecule has 1 amide bonds. The number of carbonyl (C=O) groups excluding carboxylic acids is 1. The van der Waals surface area contributed by atoms with E-state index < -0.39 is 0 Å². The summed E-state index contributed by atoms with van der Waals surface area (Å²) in [6.45, 7) is 4.67. The van der Waals surface area contributed by atoms with Gasteiger partial charge < -0.3 is 11.1 Å². The Hall–Kier alpha value is -1.26. The zero-order valence-corrected chi connectivity index (χ0v) is 13.3. The standard InChI is InChI=1S/C16H24ClN3O/c1-2-12-4-3-8-20(9-7-12)11-16(21)19-15-6-5-13(18)10-14(15)17/h5-6,10,12H,2-4,7-9,11,18H2,1H3,(H,19,21). The van der Waals surface area contributed by atoms with Gasteiger partial charge in [0.05, 0.1) is 17.3 Å². The van der Waals surface area contributed by atoms with Crippen molar-refractivity contribution < 1.29 is 4.79 Å². The Labute approximate surface area is 131 Å². The van der Waals surface area contributed by atoms with Crippen LogP contribution in [0.3, 0.4) is 0 Å². The first-order valence-corrected chi connectivity index (χ1v) is 8.03. The van der Waals surface area contributed by atoms with Gasteiger partial charge in [-0.1, -0.05) is 24.9 Å². The molecule has 0 saturated carbocycles. The van der Waals surface area contributed by atoms with Gasteiger partial charge in [-0.15, -0.1) is 0 Å². The molecular weight excluding hydrogens is 286 g/mol. The van der Waals surface area contributed by atoms with Crippen molar-refractivity contribution in [3.05, 3.63) is 23.2 Å². The molecular formula is C16H24ClN3O. The zero-order chi connectivity index (χ0) is 15.2. The minimum atomic E-state index is -0.0170. The van der Waals surface area contributed by atoms with Crippen molar-refractivity contribution in [3.63, 3.8) is 0 Å². The van der Waals surface area contributed by atoms with E-state index in [0.717, 1.165) is 19.0 Å². The van der Waals surface area contributed by atoms with E-state index in [2.05, 4.69) is 17.1 Å². The van der Waals surface area contributed by atoms with Crippen LogP contribution >= 0.6 is 11.6 Å². The Balaban J connectivity index is 1.86. The highest BCUT2D eigenvalue weighted by atomic mass is 35.5. The number of nitrogen functional groups attached to an aromatic ring is 1. The molecule has 0 aliphatic carbocycles. The summed E-state index contributed by atoms with van der Waals surface area (Å²) in [5.74, 6) is 0.793. The molecule has 3 N–H and O–H groups in total. The molecule has 21 heavy (non-hydrogen) atoms. The molecule has 4 nitrogen and oxygen atoms in total.